The summed E-state index contributed by atoms with van der Waals surface area (Å²) in [7, 11) is 0. The predicted molar refractivity (Wildman–Crippen MR) is 127 cm³/mol. The van der Waals surface area contributed by atoms with Crippen LogP contribution in [0.4, 0.5) is 20.8 Å². The SMILES string of the molecule is O=C(Nc1ccc(Cl)cc1)N1CCN(c2ncc3cc(-c4cccnc4F)ccc3n2)CC1. The number of carbonyl (C=O) groups excluding carboxylic acids is 1. The molecule has 0 radical (unpaired) electrons. The minimum Gasteiger partial charge on any atom is -0.337 e. The summed E-state index contributed by atoms with van der Waals surface area (Å²) >= 11 is 5.89. The molecule has 0 spiro atoms. The van der Waals surface area contributed by atoms with Crippen molar-refractivity contribution in [1.82, 2.24) is 19.9 Å². The molecule has 2 amide bonds. The smallest absolute Gasteiger partial charge is 0.321 e. The fraction of sp³-hybridized carbons (Fsp3) is 0.167. The molecule has 1 saturated heterocycles. The van der Waals surface area contributed by atoms with Crippen molar-refractivity contribution in [3.05, 3.63) is 78.0 Å². The number of nitrogens with zero attached hydrogens (tertiary/aromatic N) is 5. The first-order valence-corrected chi connectivity index (χ1v) is 10.9. The molecule has 0 atom stereocenters. The summed E-state index contributed by atoms with van der Waals surface area (Å²) in [6, 6.07) is 15.8. The summed E-state index contributed by atoms with van der Waals surface area (Å²) in [6.45, 7) is 2.36. The highest BCUT2D eigenvalue weighted by Crippen LogP contribution is 2.26. The Morgan fingerprint density at radius 3 is 2.55 bits per heavy atom. The molecule has 9 heteroatoms. The monoisotopic (exact) mass is 462 g/mol. The van der Waals surface area contributed by atoms with Gasteiger partial charge in [-0.05, 0) is 54.1 Å². The first kappa shape index (κ1) is 21.1. The molecule has 1 N–H and O–H groups in total. The molecular weight excluding hydrogens is 443 g/mol. The Morgan fingerprint density at radius 1 is 1.00 bits per heavy atom. The van der Waals surface area contributed by atoms with Gasteiger partial charge in [-0.25, -0.2) is 19.7 Å². The van der Waals surface area contributed by atoms with E-state index in [1.54, 1.807) is 47.5 Å². The molecular formula is C24H20ClFN6O. The molecule has 166 valence electrons. The van der Waals surface area contributed by atoms with E-state index in [0.29, 0.717) is 48.4 Å². The highest BCUT2D eigenvalue weighted by Gasteiger charge is 2.23. The average Bonchev–Trinajstić information content (AvgIpc) is 2.85. The first-order chi connectivity index (χ1) is 16.1. The van der Waals surface area contributed by atoms with Crippen LogP contribution in [-0.2, 0) is 0 Å². The van der Waals surface area contributed by atoms with Crippen LogP contribution in [0.25, 0.3) is 22.0 Å². The summed E-state index contributed by atoms with van der Waals surface area (Å²) in [5, 5.41) is 4.33. The molecule has 33 heavy (non-hydrogen) atoms. The molecule has 0 bridgehead atoms. The van der Waals surface area contributed by atoms with E-state index < -0.39 is 5.95 Å². The van der Waals surface area contributed by atoms with Crippen molar-refractivity contribution in [2.24, 2.45) is 0 Å². The van der Waals surface area contributed by atoms with Crippen molar-refractivity contribution >= 4 is 40.2 Å². The van der Waals surface area contributed by atoms with Gasteiger partial charge in [0.25, 0.3) is 0 Å². The number of piperazine rings is 1. The molecule has 4 aromatic rings. The van der Waals surface area contributed by atoms with E-state index in [4.69, 9.17) is 11.6 Å². The third-order valence-electron chi connectivity index (χ3n) is 5.58. The zero-order valence-electron chi connectivity index (χ0n) is 17.6. The van der Waals surface area contributed by atoms with Gasteiger partial charge in [0, 0.05) is 60.2 Å². The summed E-state index contributed by atoms with van der Waals surface area (Å²) in [6.07, 6.45) is 3.17. The Hall–Kier alpha value is -3.78. The largest absolute Gasteiger partial charge is 0.337 e. The minimum absolute atomic E-state index is 0.147. The third kappa shape index (κ3) is 4.56. The molecule has 7 nitrogen and oxygen atoms in total. The van der Waals surface area contributed by atoms with E-state index in [1.807, 2.05) is 18.2 Å². The fourth-order valence-corrected chi connectivity index (χ4v) is 3.92. The van der Waals surface area contributed by atoms with Crippen LogP contribution in [-0.4, -0.2) is 52.1 Å². The number of hydrogen-bond donors (Lipinski definition) is 1. The van der Waals surface area contributed by atoms with Crippen LogP contribution in [0.15, 0.2) is 67.0 Å². The van der Waals surface area contributed by atoms with Gasteiger partial charge in [-0.1, -0.05) is 17.7 Å². The van der Waals surface area contributed by atoms with Gasteiger partial charge in [-0.15, -0.1) is 0 Å². The lowest BCUT2D eigenvalue weighted by molar-refractivity contribution is 0.208. The molecule has 1 aliphatic heterocycles. The van der Waals surface area contributed by atoms with E-state index in [2.05, 4.69) is 25.2 Å². The van der Waals surface area contributed by atoms with E-state index >= 15 is 0 Å². The molecule has 0 saturated carbocycles. The number of rotatable bonds is 3. The van der Waals surface area contributed by atoms with Gasteiger partial charge >= 0.3 is 6.03 Å². The second-order valence-electron chi connectivity index (χ2n) is 7.70. The Bertz CT molecular complexity index is 1310. The predicted octanol–water partition coefficient (Wildman–Crippen LogP) is 4.84. The Morgan fingerprint density at radius 2 is 1.79 bits per heavy atom. The van der Waals surface area contributed by atoms with Crippen molar-refractivity contribution in [2.75, 3.05) is 36.4 Å². The Kier molecular flexibility index (Phi) is 5.75. The summed E-state index contributed by atoms with van der Waals surface area (Å²) in [5.74, 6) is 0.105. The molecule has 0 unspecified atom stereocenters. The van der Waals surface area contributed by atoms with Crippen molar-refractivity contribution in [1.29, 1.82) is 0 Å². The van der Waals surface area contributed by atoms with Gasteiger partial charge in [0.05, 0.1) is 5.52 Å². The van der Waals surface area contributed by atoms with Gasteiger partial charge in [0.2, 0.25) is 11.9 Å². The Labute approximate surface area is 194 Å². The summed E-state index contributed by atoms with van der Waals surface area (Å²) < 4.78 is 14.0. The topological polar surface area (TPSA) is 74.2 Å². The van der Waals surface area contributed by atoms with E-state index in [-0.39, 0.29) is 6.03 Å². The van der Waals surface area contributed by atoms with Crippen LogP contribution in [0.3, 0.4) is 0 Å². The number of benzene rings is 2. The second kappa shape index (κ2) is 8.99. The molecule has 1 fully saturated rings. The van der Waals surface area contributed by atoms with Crippen LogP contribution in [0.1, 0.15) is 0 Å². The Balaban J connectivity index is 1.25. The number of aromatic nitrogens is 3. The van der Waals surface area contributed by atoms with Gasteiger partial charge < -0.3 is 15.1 Å². The van der Waals surface area contributed by atoms with Crippen LogP contribution < -0.4 is 10.2 Å². The van der Waals surface area contributed by atoms with E-state index in [9.17, 15) is 9.18 Å². The van der Waals surface area contributed by atoms with Gasteiger partial charge in [-0.3, -0.25) is 0 Å². The summed E-state index contributed by atoms with van der Waals surface area (Å²) in [4.78, 5) is 29.3. The number of anilines is 2. The van der Waals surface area contributed by atoms with Crippen LogP contribution in [0, 0.1) is 5.95 Å². The lowest BCUT2D eigenvalue weighted by Crippen LogP contribution is -2.50. The van der Waals surface area contributed by atoms with E-state index in [1.165, 1.54) is 6.20 Å². The van der Waals surface area contributed by atoms with Crippen molar-refractivity contribution in [3.63, 3.8) is 0 Å². The number of urea groups is 1. The van der Waals surface area contributed by atoms with Gasteiger partial charge in [-0.2, -0.15) is 4.39 Å². The number of halogens is 2. The van der Waals surface area contributed by atoms with Gasteiger partial charge in [0.15, 0.2) is 0 Å². The van der Waals surface area contributed by atoms with Crippen LogP contribution >= 0.6 is 11.6 Å². The van der Waals surface area contributed by atoms with Crippen LogP contribution in [0.2, 0.25) is 5.02 Å². The molecule has 3 heterocycles. The number of carbonyl (C=O) groups is 1. The quantitative estimate of drug-likeness (QED) is 0.441. The maximum Gasteiger partial charge on any atom is 0.321 e. The van der Waals surface area contributed by atoms with Crippen molar-refractivity contribution in [2.45, 2.75) is 0 Å². The highest BCUT2D eigenvalue weighted by atomic mass is 35.5. The number of fused-ring (bicyclic) bond motifs is 1. The third-order valence-corrected chi connectivity index (χ3v) is 5.83. The maximum atomic E-state index is 14.0. The lowest BCUT2D eigenvalue weighted by atomic mass is 10.1. The van der Waals surface area contributed by atoms with Crippen LogP contribution in [0.5, 0.6) is 0 Å². The lowest BCUT2D eigenvalue weighted by Gasteiger charge is -2.34. The van der Waals surface area contributed by atoms with E-state index in [0.717, 1.165) is 16.5 Å². The molecule has 1 aliphatic rings. The summed E-state index contributed by atoms with van der Waals surface area (Å²) in [5.41, 5.74) is 2.65. The number of pyridine rings is 1. The van der Waals surface area contributed by atoms with Crippen molar-refractivity contribution < 1.29 is 9.18 Å². The first-order valence-electron chi connectivity index (χ1n) is 10.5. The van der Waals surface area contributed by atoms with Crippen molar-refractivity contribution in [3.8, 4) is 11.1 Å². The molecule has 0 aliphatic carbocycles. The molecule has 2 aromatic heterocycles. The number of amides is 2. The highest BCUT2D eigenvalue weighted by molar-refractivity contribution is 6.30. The minimum atomic E-state index is -0.507. The number of nitrogens with one attached hydrogen (secondary N) is 1. The molecule has 5 rings (SSSR count). The maximum absolute atomic E-state index is 14.0. The fourth-order valence-electron chi connectivity index (χ4n) is 3.79. The number of hydrogen-bond acceptors (Lipinski definition) is 5. The molecule has 2 aromatic carbocycles. The van der Waals surface area contributed by atoms with Gasteiger partial charge in [0.1, 0.15) is 0 Å². The zero-order chi connectivity index (χ0) is 22.8. The zero-order valence-corrected chi connectivity index (χ0v) is 18.3. The normalized spacial score (nSPS) is 13.9. The standard InChI is InChI=1S/C24H20ClFN6O/c25-18-4-6-19(7-5-18)29-24(33)32-12-10-31(11-13-32)23-28-15-17-14-16(3-8-21(17)30-23)20-2-1-9-27-22(20)26/h1-9,14-15H,10-13H2,(H,29,33). The second-order valence-corrected chi connectivity index (χ2v) is 8.13. The average molecular weight is 463 g/mol.